The highest BCUT2D eigenvalue weighted by Gasteiger charge is 2.34. The summed E-state index contributed by atoms with van der Waals surface area (Å²) in [7, 11) is 0. The maximum atomic E-state index is 12.9. The maximum Gasteiger partial charge on any atom is 0.328 e. The lowest BCUT2D eigenvalue weighted by molar-refractivity contribution is -0.146. The van der Waals surface area contributed by atoms with Gasteiger partial charge in [-0.1, -0.05) is 44.2 Å². The zero-order chi connectivity index (χ0) is 25.3. The molecular weight excluding hydrogens is 432 g/mol. The second-order valence-electron chi connectivity index (χ2n) is 8.32. The molecule has 0 radical (unpaired) electrons. The van der Waals surface area contributed by atoms with Crippen molar-refractivity contribution in [1.82, 2.24) is 16.0 Å². The Morgan fingerprint density at radius 2 is 1.24 bits per heavy atom. The number of carbonyl (C=O) groups excluding carboxylic acids is 3. The first-order valence-electron chi connectivity index (χ1n) is 10.6. The molecule has 0 spiro atoms. The van der Waals surface area contributed by atoms with E-state index in [1.807, 2.05) is 30.3 Å². The largest absolute Gasteiger partial charge is 0.480 e. The highest BCUT2D eigenvalue weighted by atomic mass is 16.4. The number of hydrogen-bond donors (Lipinski definition) is 7. The van der Waals surface area contributed by atoms with Gasteiger partial charge in [-0.3, -0.25) is 14.4 Å². The number of amides is 3. The van der Waals surface area contributed by atoms with Crippen molar-refractivity contribution in [2.24, 2.45) is 11.7 Å². The number of carboxylic acid groups (broad SMARTS) is 1. The molecule has 0 fully saturated rings. The summed E-state index contributed by atoms with van der Waals surface area (Å²) in [5.41, 5.74) is 6.83. The summed E-state index contributed by atoms with van der Waals surface area (Å²) in [6.07, 6.45) is -2.54. The van der Waals surface area contributed by atoms with Crippen molar-refractivity contribution < 1.29 is 34.5 Å². The van der Waals surface area contributed by atoms with E-state index in [1.54, 1.807) is 13.8 Å². The molecule has 0 aliphatic rings. The number of aliphatic hydroxyl groups is 2. The zero-order valence-electron chi connectivity index (χ0n) is 19.2. The van der Waals surface area contributed by atoms with Crippen molar-refractivity contribution in [3.8, 4) is 0 Å². The summed E-state index contributed by atoms with van der Waals surface area (Å²) in [4.78, 5) is 49.1. The molecule has 3 amide bonds. The third-order valence-electron chi connectivity index (χ3n) is 4.99. The molecule has 6 atom stereocenters. The molecule has 0 heterocycles. The van der Waals surface area contributed by atoms with Crippen molar-refractivity contribution >= 4 is 23.7 Å². The Bertz CT molecular complexity index is 814. The van der Waals surface area contributed by atoms with Gasteiger partial charge < -0.3 is 37.0 Å². The molecule has 8 N–H and O–H groups in total. The number of nitrogens with two attached hydrogens (primary N) is 1. The molecule has 1 aromatic rings. The number of carboxylic acids is 1. The molecule has 6 unspecified atom stereocenters. The molecule has 0 aliphatic carbocycles. The fourth-order valence-corrected chi connectivity index (χ4v) is 3.04. The maximum absolute atomic E-state index is 12.9. The lowest BCUT2D eigenvalue weighted by atomic mass is 10.0. The van der Waals surface area contributed by atoms with Gasteiger partial charge in [0.05, 0.1) is 18.2 Å². The van der Waals surface area contributed by atoms with Crippen LogP contribution in [0.15, 0.2) is 30.3 Å². The van der Waals surface area contributed by atoms with E-state index < -0.39 is 60.1 Å². The van der Waals surface area contributed by atoms with Gasteiger partial charge in [-0.05, 0) is 31.7 Å². The van der Waals surface area contributed by atoms with E-state index in [0.717, 1.165) is 5.56 Å². The first-order valence-corrected chi connectivity index (χ1v) is 10.6. The molecule has 0 aromatic heterocycles. The van der Waals surface area contributed by atoms with Gasteiger partial charge in [0, 0.05) is 0 Å². The van der Waals surface area contributed by atoms with Crippen molar-refractivity contribution in [1.29, 1.82) is 0 Å². The van der Waals surface area contributed by atoms with E-state index in [4.69, 9.17) is 10.8 Å². The summed E-state index contributed by atoms with van der Waals surface area (Å²) >= 11 is 0. The first kappa shape index (κ1) is 28.0. The Morgan fingerprint density at radius 3 is 1.70 bits per heavy atom. The van der Waals surface area contributed by atoms with Crippen molar-refractivity contribution in [2.45, 2.75) is 70.5 Å². The third kappa shape index (κ3) is 8.79. The second kappa shape index (κ2) is 12.9. The molecule has 33 heavy (non-hydrogen) atoms. The predicted octanol–water partition coefficient (Wildman–Crippen LogP) is -1.49. The normalized spacial score (nSPS) is 16.6. The number of nitrogens with one attached hydrogen (secondary N) is 3. The molecular formula is C22H34N4O7. The van der Waals surface area contributed by atoms with Gasteiger partial charge >= 0.3 is 5.97 Å². The summed E-state index contributed by atoms with van der Waals surface area (Å²) in [6, 6.07) is 3.98. The molecule has 0 aliphatic heterocycles. The van der Waals surface area contributed by atoms with Crippen LogP contribution in [-0.2, 0) is 25.6 Å². The van der Waals surface area contributed by atoms with Gasteiger partial charge in [0.15, 0.2) is 6.04 Å². The summed E-state index contributed by atoms with van der Waals surface area (Å²) < 4.78 is 0. The van der Waals surface area contributed by atoms with Crippen molar-refractivity contribution in [3.05, 3.63) is 35.9 Å². The van der Waals surface area contributed by atoms with Crippen LogP contribution < -0.4 is 21.7 Å². The van der Waals surface area contributed by atoms with E-state index in [0.29, 0.717) is 0 Å². The van der Waals surface area contributed by atoms with Gasteiger partial charge in [0.25, 0.3) is 0 Å². The molecule has 0 saturated carbocycles. The molecule has 1 aromatic carbocycles. The molecule has 184 valence electrons. The van der Waals surface area contributed by atoms with E-state index in [2.05, 4.69) is 16.0 Å². The minimum absolute atomic E-state index is 0.258. The smallest absolute Gasteiger partial charge is 0.328 e. The Kier molecular flexibility index (Phi) is 10.9. The monoisotopic (exact) mass is 466 g/mol. The summed E-state index contributed by atoms with van der Waals surface area (Å²) in [5.74, 6) is -4.18. The van der Waals surface area contributed by atoms with E-state index in [9.17, 15) is 29.4 Å². The van der Waals surface area contributed by atoms with Gasteiger partial charge in [0.1, 0.15) is 12.1 Å². The van der Waals surface area contributed by atoms with Crippen LogP contribution in [0.5, 0.6) is 0 Å². The fourth-order valence-electron chi connectivity index (χ4n) is 3.04. The number of rotatable bonds is 12. The average molecular weight is 467 g/mol. The fraction of sp³-hybridized carbons (Fsp3) is 0.545. The standard InChI is InChI=1S/C22H34N4O7/c1-11(2)16(24-19(29)15(23)10-14-8-6-5-7-9-14)20(30)25-17(12(3)27)21(31)26-18(13(4)28)22(32)33/h5-9,11-13,15-18,27-28H,10,23H2,1-4H3,(H,24,29)(H,25,30)(H,26,31)(H,32,33). The van der Waals surface area contributed by atoms with E-state index in [-0.39, 0.29) is 12.3 Å². The molecule has 1 rings (SSSR count). The first-order chi connectivity index (χ1) is 15.3. The predicted molar refractivity (Wildman–Crippen MR) is 120 cm³/mol. The SMILES string of the molecule is CC(C)C(NC(=O)C(N)Cc1ccccc1)C(=O)NC(C(=O)NC(C(=O)O)C(C)O)C(C)O. The van der Waals surface area contributed by atoms with Crippen LogP contribution in [0.4, 0.5) is 0 Å². The van der Waals surface area contributed by atoms with E-state index >= 15 is 0 Å². The third-order valence-corrected chi connectivity index (χ3v) is 4.99. The topological polar surface area (TPSA) is 191 Å². The second-order valence-corrected chi connectivity index (χ2v) is 8.32. The zero-order valence-corrected chi connectivity index (χ0v) is 19.2. The Hall–Kier alpha value is -3.02. The van der Waals surface area contributed by atoms with Crippen LogP contribution in [0.3, 0.4) is 0 Å². The summed E-state index contributed by atoms with van der Waals surface area (Å²) in [6.45, 7) is 5.77. The molecule has 11 nitrogen and oxygen atoms in total. The van der Waals surface area contributed by atoms with Gasteiger partial charge in [0.2, 0.25) is 17.7 Å². The number of benzene rings is 1. The van der Waals surface area contributed by atoms with Crippen LogP contribution in [0.2, 0.25) is 0 Å². The highest BCUT2D eigenvalue weighted by molar-refractivity contribution is 5.94. The average Bonchev–Trinajstić information content (AvgIpc) is 2.73. The Labute approximate surface area is 192 Å². The minimum atomic E-state index is -1.63. The number of aliphatic carboxylic acids is 1. The van der Waals surface area contributed by atoms with Crippen LogP contribution in [0.1, 0.15) is 33.3 Å². The van der Waals surface area contributed by atoms with Crippen LogP contribution in [0, 0.1) is 5.92 Å². The van der Waals surface area contributed by atoms with Crippen molar-refractivity contribution in [3.63, 3.8) is 0 Å². The van der Waals surface area contributed by atoms with Crippen LogP contribution in [-0.4, -0.2) is 75.4 Å². The quantitative estimate of drug-likeness (QED) is 0.194. The van der Waals surface area contributed by atoms with Crippen molar-refractivity contribution in [2.75, 3.05) is 0 Å². The van der Waals surface area contributed by atoms with Crippen LogP contribution in [0.25, 0.3) is 0 Å². The van der Waals surface area contributed by atoms with Crippen LogP contribution >= 0.6 is 0 Å². The van der Waals surface area contributed by atoms with Gasteiger partial charge in [-0.2, -0.15) is 0 Å². The number of aliphatic hydroxyl groups excluding tert-OH is 2. The molecule has 0 bridgehead atoms. The summed E-state index contributed by atoms with van der Waals surface area (Å²) in [5, 5.41) is 35.7. The number of hydrogen-bond acceptors (Lipinski definition) is 7. The van der Waals surface area contributed by atoms with Gasteiger partial charge in [-0.15, -0.1) is 0 Å². The Balaban J connectivity index is 2.88. The molecule has 11 heteroatoms. The van der Waals surface area contributed by atoms with E-state index in [1.165, 1.54) is 13.8 Å². The Morgan fingerprint density at radius 1 is 0.788 bits per heavy atom. The van der Waals surface area contributed by atoms with Gasteiger partial charge in [-0.25, -0.2) is 4.79 Å². The lowest BCUT2D eigenvalue weighted by Crippen LogP contribution is -2.61. The number of carbonyl (C=O) groups is 4. The highest BCUT2D eigenvalue weighted by Crippen LogP contribution is 2.07. The minimum Gasteiger partial charge on any atom is -0.480 e. The lowest BCUT2D eigenvalue weighted by Gasteiger charge is -2.28. The molecule has 0 saturated heterocycles.